The lowest BCUT2D eigenvalue weighted by Crippen LogP contribution is -2.34. The Kier molecular flexibility index (Phi) is 7.44. The molecule has 1 aromatic heterocycles. The van der Waals surface area contributed by atoms with Crippen LogP contribution >= 0.6 is 11.8 Å². The van der Waals surface area contributed by atoms with Crippen LogP contribution in [0.4, 0.5) is 13.2 Å². The summed E-state index contributed by atoms with van der Waals surface area (Å²) in [6.45, 7) is 2.76. The maximum Gasteiger partial charge on any atom is 0.405 e. The lowest BCUT2D eigenvalue weighted by Gasteiger charge is -2.17. The van der Waals surface area contributed by atoms with Gasteiger partial charge in [0.15, 0.2) is 11.0 Å². The maximum absolute atomic E-state index is 12.4. The predicted octanol–water partition coefficient (Wildman–Crippen LogP) is 4.84. The number of thioether (sulfide) groups is 1. The number of rotatable bonds is 8. The molecule has 0 aliphatic heterocycles. The average molecular weight is 465 g/mol. The number of methoxy groups -OCH3 is 1. The molecule has 0 saturated heterocycles. The Hall–Kier alpha value is -3.01. The lowest BCUT2D eigenvalue weighted by molar-refractivity contribution is -0.136. The standard InChI is InChI=1S/C22H23F3N4O2S/c1-14(2)17-6-4-5-7-18(17)29-20(15-8-10-16(31-3)11-9-15)27-28-21(29)32-12-19(30)26-13-22(23,24)25/h4-11,14H,12-13H2,1-3H3,(H,26,30). The van der Waals surface area contributed by atoms with Crippen molar-refractivity contribution < 1.29 is 22.7 Å². The SMILES string of the molecule is COc1ccc(-c2nnc(SCC(=O)NCC(F)(F)F)n2-c2ccccc2C(C)C)cc1. The summed E-state index contributed by atoms with van der Waals surface area (Å²) in [7, 11) is 1.58. The van der Waals surface area contributed by atoms with E-state index in [2.05, 4.69) is 24.0 Å². The van der Waals surface area contributed by atoms with Gasteiger partial charge in [-0.05, 0) is 41.8 Å². The summed E-state index contributed by atoms with van der Waals surface area (Å²) in [5, 5.41) is 10.8. The number of alkyl halides is 3. The second-order valence-electron chi connectivity index (χ2n) is 7.26. The van der Waals surface area contributed by atoms with Crippen molar-refractivity contribution in [3.05, 3.63) is 54.1 Å². The number of aromatic nitrogens is 3. The van der Waals surface area contributed by atoms with Gasteiger partial charge in [-0.3, -0.25) is 9.36 Å². The van der Waals surface area contributed by atoms with Gasteiger partial charge in [-0.15, -0.1) is 10.2 Å². The number of nitrogens with one attached hydrogen (secondary N) is 1. The molecule has 1 heterocycles. The van der Waals surface area contributed by atoms with Crippen LogP contribution in [0.15, 0.2) is 53.7 Å². The first kappa shape index (κ1) is 23.6. The van der Waals surface area contributed by atoms with Gasteiger partial charge in [-0.2, -0.15) is 13.2 Å². The minimum absolute atomic E-state index is 0.199. The molecule has 0 unspecified atom stereocenters. The number of benzene rings is 2. The summed E-state index contributed by atoms with van der Waals surface area (Å²) in [6.07, 6.45) is -4.46. The highest BCUT2D eigenvalue weighted by Crippen LogP contribution is 2.32. The van der Waals surface area contributed by atoms with Crippen molar-refractivity contribution in [2.24, 2.45) is 0 Å². The summed E-state index contributed by atoms with van der Waals surface area (Å²) < 4.78 is 44.2. The quantitative estimate of drug-likeness (QED) is 0.484. The number of carbonyl (C=O) groups excluding carboxylic acids is 1. The highest BCUT2D eigenvalue weighted by Gasteiger charge is 2.28. The molecule has 170 valence electrons. The molecule has 0 aliphatic carbocycles. The minimum Gasteiger partial charge on any atom is -0.497 e. The van der Waals surface area contributed by atoms with Crippen molar-refractivity contribution in [1.29, 1.82) is 0 Å². The Balaban J connectivity index is 1.97. The molecule has 32 heavy (non-hydrogen) atoms. The fourth-order valence-electron chi connectivity index (χ4n) is 3.07. The van der Waals surface area contributed by atoms with E-state index in [-0.39, 0.29) is 11.7 Å². The van der Waals surface area contributed by atoms with Crippen LogP contribution in [-0.2, 0) is 4.79 Å². The molecule has 0 atom stereocenters. The number of amides is 1. The second-order valence-corrected chi connectivity index (χ2v) is 8.21. The first-order valence-corrected chi connectivity index (χ1v) is 10.8. The van der Waals surface area contributed by atoms with Crippen LogP contribution in [-0.4, -0.2) is 46.3 Å². The number of nitrogens with zero attached hydrogens (tertiary/aromatic N) is 3. The van der Waals surface area contributed by atoms with Crippen molar-refractivity contribution in [3.8, 4) is 22.8 Å². The Bertz CT molecular complexity index is 1070. The average Bonchev–Trinajstić information content (AvgIpc) is 3.19. The van der Waals surface area contributed by atoms with Crippen molar-refractivity contribution in [3.63, 3.8) is 0 Å². The Morgan fingerprint density at radius 2 is 1.81 bits per heavy atom. The van der Waals surface area contributed by atoms with Crippen molar-refractivity contribution in [1.82, 2.24) is 20.1 Å². The third kappa shape index (κ3) is 5.82. The topological polar surface area (TPSA) is 69.0 Å². The molecule has 0 aliphatic rings. The number of halogens is 3. The summed E-state index contributed by atoms with van der Waals surface area (Å²) in [6, 6.07) is 15.1. The summed E-state index contributed by atoms with van der Waals surface area (Å²) >= 11 is 1.03. The minimum atomic E-state index is -4.46. The van der Waals surface area contributed by atoms with E-state index in [1.807, 2.05) is 46.3 Å². The van der Waals surface area contributed by atoms with Gasteiger partial charge in [0.25, 0.3) is 0 Å². The smallest absolute Gasteiger partial charge is 0.405 e. The number of hydrogen-bond donors (Lipinski definition) is 1. The largest absolute Gasteiger partial charge is 0.497 e. The van der Waals surface area contributed by atoms with Crippen molar-refractivity contribution in [2.45, 2.75) is 31.1 Å². The maximum atomic E-state index is 12.4. The molecule has 0 spiro atoms. The van der Waals surface area contributed by atoms with E-state index in [1.54, 1.807) is 19.2 Å². The number of carbonyl (C=O) groups is 1. The molecule has 1 amide bonds. The molecule has 0 saturated carbocycles. The van der Waals surface area contributed by atoms with Crippen LogP contribution in [0, 0.1) is 0 Å². The normalized spacial score (nSPS) is 11.6. The van der Waals surface area contributed by atoms with E-state index in [0.717, 1.165) is 28.6 Å². The highest BCUT2D eigenvalue weighted by molar-refractivity contribution is 7.99. The van der Waals surface area contributed by atoms with Crippen LogP contribution in [0.3, 0.4) is 0 Å². The molecule has 1 N–H and O–H groups in total. The third-order valence-corrected chi connectivity index (χ3v) is 5.53. The number of ether oxygens (including phenoxy) is 1. The fraction of sp³-hybridized carbons (Fsp3) is 0.318. The second kappa shape index (κ2) is 10.1. The molecule has 3 rings (SSSR count). The van der Waals surface area contributed by atoms with Gasteiger partial charge in [0.05, 0.1) is 18.6 Å². The van der Waals surface area contributed by atoms with Crippen LogP contribution in [0.2, 0.25) is 0 Å². The van der Waals surface area contributed by atoms with E-state index in [9.17, 15) is 18.0 Å². The zero-order chi connectivity index (χ0) is 23.3. The molecule has 2 aromatic carbocycles. The van der Waals surface area contributed by atoms with Gasteiger partial charge in [-0.1, -0.05) is 43.8 Å². The number of para-hydroxylation sites is 1. The highest BCUT2D eigenvalue weighted by atomic mass is 32.2. The Morgan fingerprint density at radius 1 is 1.12 bits per heavy atom. The van der Waals surface area contributed by atoms with Crippen molar-refractivity contribution >= 4 is 17.7 Å². The molecule has 10 heteroatoms. The van der Waals surface area contributed by atoms with Crippen LogP contribution in [0.1, 0.15) is 25.3 Å². The zero-order valence-electron chi connectivity index (χ0n) is 17.8. The zero-order valence-corrected chi connectivity index (χ0v) is 18.6. The van der Waals surface area contributed by atoms with Gasteiger partial charge in [0.1, 0.15) is 12.3 Å². The molecule has 3 aromatic rings. The fourth-order valence-corrected chi connectivity index (χ4v) is 3.84. The molecule has 0 fully saturated rings. The van der Waals surface area contributed by atoms with Gasteiger partial charge < -0.3 is 10.1 Å². The van der Waals surface area contributed by atoms with E-state index >= 15 is 0 Å². The third-order valence-electron chi connectivity index (χ3n) is 4.60. The number of hydrogen-bond acceptors (Lipinski definition) is 5. The van der Waals surface area contributed by atoms with Crippen LogP contribution in [0.5, 0.6) is 5.75 Å². The van der Waals surface area contributed by atoms with E-state index in [4.69, 9.17) is 4.74 Å². The molecular formula is C22H23F3N4O2S. The monoisotopic (exact) mass is 464 g/mol. The van der Waals surface area contributed by atoms with E-state index in [0.29, 0.717) is 16.7 Å². The Labute approximate surface area is 188 Å². The van der Waals surface area contributed by atoms with Crippen LogP contribution < -0.4 is 10.1 Å². The first-order chi connectivity index (χ1) is 15.2. The summed E-state index contributed by atoms with van der Waals surface area (Å²) in [4.78, 5) is 11.9. The summed E-state index contributed by atoms with van der Waals surface area (Å²) in [5.74, 6) is 0.494. The molecule has 0 bridgehead atoms. The van der Waals surface area contributed by atoms with Gasteiger partial charge in [0.2, 0.25) is 5.91 Å². The van der Waals surface area contributed by atoms with Gasteiger partial charge in [-0.25, -0.2) is 0 Å². The summed E-state index contributed by atoms with van der Waals surface area (Å²) in [5.41, 5.74) is 2.67. The van der Waals surface area contributed by atoms with Crippen LogP contribution in [0.25, 0.3) is 17.1 Å². The molecule has 0 radical (unpaired) electrons. The molecule has 6 nitrogen and oxygen atoms in total. The molecular weight excluding hydrogens is 441 g/mol. The van der Waals surface area contributed by atoms with E-state index in [1.165, 1.54) is 0 Å². The lowest BCUT2D eigenvalue weighted by atomic mass is 10.0. The van der Waals surface area contributed by atoms with Gasteiger partial charge >= 0.3 is 6.18 Å². The van der Waals surface area contributed by atoms with Gasteiger partial charge in [0, 0.05) is 5.56 Å². The van der Waals surface area contributed by atoms with E-state index < -0.39 is 18.6 Å². The predicted molar refractivity (Wildman–Crippen MR) is 117 cm³/mol. The first-order valence-electron chi connectivity index (χ1n) is 9.85. The Morgan fingerprint density at radius 3 is 2.44 bits per heavy atom. The van der Waals surface area contributed by atoms with Crippen molar-refractivity contribution in [2.75, 3.05) is 19.4 Å².